The third kappa shape index (κ3) is 4.54. The first-order valence-electron chi connectivity index (χ1n) is 11.9. The van der Waals surface area contributed by atoms with Gasteiger partial charge in [0.1, 0.15) is 30.1 Å². The molecule has 0 amide bonds. The summed E-state index contributed by atoms with van der Waals surface area (Å²) >= 11 is 5.27. The van der Waals surface area contributed by atoms with Gasteiger partial charge in [-0.1, -0.05) is 5.21 Å². The Morgan fingerprint density at radius 3 is 2.63 bits per heavy atom. The number of rotatable bonds is 7. The molecule has 6 rings (SSSR count). The van der Waals surface area contributed by atoms with Crippen molar-refractivity contribution in [2.24, 2.45) is 0 Å². The molecule has 0 aliphatic carbocycles. The fourth-order valence-corrected chi connectivity index (χ4v) is 7.26. The quantitative estimate of drug-likeness (QED) is 0.120. The van der Waals surface area contributed by atoms with Crippen LogP contribution in [0.5, 0.6) is 0 Å². The number of aliphatic hydroxyl groups is 2. The molecule has 0 bridgehead atoms. The maximum absolute atomic E-state index is 15.5. The zero-order valence-electron chi connectivity index (χ0n) is 20.4. The average molecular weight is 618 g/mol. The van der Waals surface area contributed by atoms with Crippen LogP contribution < -0.4 is 16.9 Å². The first kappa shape index (κ1) is 27.8. The van der Waals surface area contributed by atoms with E-state index in [-0.39, 0.29) is 28.3 Å². The highest BCUT2D eigenvalue weighted by atomic mass is 32.5. The Bertz CT molecular complexity index is 1780. The van der Waals surface area contributed by atoms with Crippen molar-refractivity contribution in [3.63, 3.8) is 0 Å². The molecule has 4 aromatic rings. The van der Waals surface area contributed by atoms with Crippen molar-refractivity contribution >= 4 is 46.6 Å². The smallest absolute Gasteiger partial charge is 0.282 e. The average Bonchev–Trinajstić information content (AvgIpc) is 3.68. The Morgan fingerprint density at radius 1 is 1.12 bits per heavy atom. The van der Waals surface area contributed by atoms with Crippen LogP contribution in [0.3, 0.4) is 0 Å². The fraction of sp³-hybridized carbons (Fsp3) is 0.526. The Hall–Kier alpha value is -3.30. The third-order valence-corrected chi connectivity index (χ3v) is 9.65. The van der Waals surface area contributed by atoms with E-state index in [1.165, 1.54) is 0 Å². The van der Waals surface area contributed by atoms with Crippen molar-refractivity contribution in [1.82, 2.24) is 44.5 Å². The monoisotopic (exact) mass is 618 g/mol. The van der Waals surface area contributed by atoms with Crippen LogP contribution in [0.1, 0.15) is 12.5 Å². The Kier molecular flexibility index (Phi) is 6.93. The molecule has 2 fully saturated rings. The minimum atomic E-state index is -4.27. The number of fused-ring (bicyclic) bond motifs is 2. The number of H-pyrrole nitrogens is 2. The Labute approximate surface area is 230 Å². The lowest BCUT2D eigenvalue weighted by Gasteiger charge is -2.28. The molecule has 1 unspecified atom stereocenters. The first-order chi connectivity index (χ1) is 19.5. The van der Waals surface area contributed by atoms with E-state index >= 15 is 8.78 Å². The highest BCUT2D eigenvalue weighted by molar-refractivity contribution is 8.09. The number of alkyl halides is 2. The number of anilines is 1. The summed E-state index contributed by atoms with van der Waals surface area (Å²) in [5.74, 6) is -0.302. The van der Waals surface area contributed by atoms with E-state index in [2.05, 4.69) is 35.2 Å². The maximum atomic E-state index is 15.5. The number of nitrogen functional groups attached to an aromatic ring is 1. The molecule has 4 aromatic heterocycles. The molecule has 2 aliphatic rings. The minimum absolute atomic E-state index is 0.00292. The highest BCUT2D eigenvalue weighted by Gasteiger charge is 2.55. The number of ether oxygens (including phenoxy) is 2. The predicted octanol–water partition coefficient (Wildman–Crippen LogP) is -2.26. The highest BCUT2D eigenvalue weighted by Crippen LogP contribution is 2.58. The lowest BCUT2D eigenvalue weighted by molar-refractivity contribution is -0.0435. The normalized spacial score (nSPS) is 31.7. The van der Waals surface area contributed by atoms with Crippen molar-refractivity contribution < 1.29 is 37.9 Å². The van der Waals surface area contributed by atoms with Gasteiger partial charge in [0.25, 0.3) is 11.1 Å². The second-order valence-corrected chi connectivity index (χ2v) is 12.8. The van der Waals surface area contributed by atoms with Crippen LogP contribution in [-0.2, 0) is 25.8 Å². The van der Waals surface area contributed by atoms with Crippen molar-refractivity contribution in [2.45, 2.75) is 48.8 Å². The lowest BCUT2D eigenvalue weighted by atomic mass is 10.1. The number of nitrogens with zero attached hydrogens (tertiary/aromatic N) is 7. The molecule has 220 valence electrons. The fourth-order valence-electron chi connectivity index (χ4n) is 4.81. The molecule has 0 aromatic carbocycles. The SMILES string of the molecule is Nc1nc2c(nnn2[C@@H]2O[C@H](CO)[C@@H](F)[C@H]2P(O)(=S)OC[C@H]2O[C@@H](n3cnc4c(=O)[nH]cnc43)[C@@H](F)[C@@H]2O)c(=O)[nH]1. The Morgan fingerprint density at radius 2 is 1.88 bits per heavy atom. The molecule has 41 heavy (non-hydrogen) atoms. The lowest BCUT2D eigenvalue weighted by Crippen LogP contribution is -2.34. The number of imidazole rings is 1. The number of nitrogens with two attached hydrogens (primary N) is 1. The molecule has 22 heteroatoms. The van der Waals surface area contributed by atoms with Gasteiger partial charge in [0.2, 0.25) is 5.95 Å². The van der Waals surface area contributed by atoms with Crippen LogP contribution in [0.4, 0.5) is 14.7 Å². The van der Waals surface area contributed by atoms with Gasteiger partial charge >= 0.3 is 0 Å². The van der Waals surface area contributed by atoms with Gasteiger partial charge in [-0.15, -0.1) is 5.10 Å². The number of aliphatic hydroxyl groups excluding tert-OH is 2. The number of halogens is 2. The van der Waals surface area contributed by atoms with Crippen molar-refractivity contribution in [2.75, 3.05) is 18.9 Å². The predicted molar refractivity (Wildman–Crippen MR) is 135 cm³/mol. The van der Waals surface area contributed by atoms with Gasteiger partial charge in [0.05, 0.1) is 25.9 Å². The summed E-state index contributed by atoms with van der Waals surface area (Å²) in [4.78, 5) is 51.7. The summed E-state index contributed by atoms with van der Waals surface area (Å²) < 4.78 is 49.3. The van der Waals surface area contributed by atoms with Gasteiger partial charge in [-0.25, -0.2) is 18.7 Å². The summed E-state index contributed by atoms with van der Waals surface area (Å²) in [5, 5.41) is 27.6. The second kappa shape index (κ2) is 10.2. The standard InChI is InChI=1S/C19H21F2N10O8PS/c20-7-5(1-32)38-18(31-14-10(28-29-31)16(35)27-19(22)26-14)12(7)40(36,41)37-2-6-11(33)8(21)17(39-6)30-4-25-9-13(30)23-3-24-15(9)34/h3-8,11-12,17-18,32-33H,1-2H2,(H,36,41)(H,23,24,34)(H3,22,26,27,35)/t5-,6-,7-,8+,11-,12-,17-,18-,40?/m1/s1. The third-order valence-electron chi connectivity index (χ3n) is 6.80. The largest absolute Gasteiger partial charge is 0.394 e. The molecule has 0 saturated carbocycles. The van der Waals surface area contributed by atoms with Crippen LogP contribution in [0.15, 0.2) is 22.2 Å². The summed E-state index contributed by atoms with van der Waals surface area (Å²) in [6, 6.07) is 0. The van der Waals surface area contributed by atoms with Crippen LogP contribution in [0.25, 0.3) is 22.3 Å². The molecule has 2 aliphatic heterocycles. The number of hydrogen-bond acceptors (Lipinski definition) is 14. The molecule has 0 radical (unpaired) electrons. The minimum Gasteiger partial charge on any atom is -0.394 e. The molecule has 9 atom stereocenters. The van der Waals surface area contributed by atoms with Crippen molar-refractivity contribution in [1.29, 1.82) is 0 Å². The van der Waals surface area contributed by atoms with Crippen LogP contribution >= 0.6 is 6.49 Å². The molecular weight excluding hydrogens is 597 g/mol. The van der Waals surface area contributed by atoms with Gasteiger partial charge in [-0.05, 0) is 11.8 Å². The summed E-state index contributed by atoms with van der Waals surface area (Å²) in [6.07, 6.45) is -9.58. The number of nitrogens with one attached hydrogen (secondary N) is 2. The van der Waals surface area contributed by atoms with Crippen LogP contribution in [0.2, 0.25) is 0 Å². The zero-order valence-corrected chi connectivity index (χ0v) is 22.1. The molecule has 18 nitrogen and oxygen atoms in total. The molecule has 7 N–H and O–H groups in total. The number of hydrogen-bond donors (Lipinski definition) is 6. The molecule has 0 spiro atoms. The van der Waals surface area contributed by atoms with Gasteiger partial charge in [-0.2, -0.15) is 9.67 Å². The zero-order chi connectivity index (χ0) is 29.2. The molecule has 6 heterocycles. The molecular formula is C19H21F2N10O8PS. The maximum Gasteiger partial charge on any atom is 0.282 e. The topological polar surface area (TPSA) is 254 Å². The first-order valence-corrected chi connectivity index (χ1v) is 14.6. The van der Waals surface area contributed by atoms with E-state index in [1.807, 2.05) is 0 Å². The van der Waals surface area contributed by atoms with Gasteiger partial charge in [0, 0.05) is 0 Å². The van der Waals surface area contributed by atoms with E-state index in [4.69, 9.17) is 31.5 Å². The van der Waals surface area contributed by atoms with Crippen molar-refractivity contribution in [3.05, 3.63) is 33.4 Å². The number of aromatic nitrogens is 9. The van der Waals surface area contributed by atoms with Crippen LogP contribution in [0, 0.1) is 0 Å². The van der Waals surface area contributed by atoms with E-state index in [1.54, 1.807) is 0 Å². The second-order valence-electron chi connectivity index (χ2n) is 9.26. The Balaban J connectivity index is 1.25. The summed E-state index contributed by atoms with van der Waals surface area (Å²) in [6.45, 7) is -5.77. The van der Waals surface area contributed by atoms with E-state index in [0.29, 0.717) is 0 Å². The summed E-state index contributed by atoms with van der Waals surface area (Å²) in [7, 11) is 0. The van der Waals surface area contributed by atoms with Gasteiger partial charge in [-0.3, -0.25) is 19.1 Å². The number of aromatic amines is 2. The molecule has 2 saturated heterocycles. The van der Waals surface area contributed by atoms with Gasteiger partial charge in [0.15, 0.2) is 47.4 Å². The van der Waals surface area contributed by atoms with E-state index in [9.17, 15) is 24.7 Å². The van der Waals surface area contributed by atoms with Crippen LogP contribution in [-0.4, -0.2) is 109 Å². The van der Waals surface area contributed by atoms with Crippen molar-refractivity contribution in [3.8, 4) is 0 Å². The van der Waals surface area contributed by atoms with E-state index in [0.717, 1.165) is 21.9 Å². The summed E-state index contributed by atoms with van der Waals surface area (Å²) in [5.41, 5.74) is 2.07. The van der Waals surface area contributed by atoms with Gasteiger partial charge < -0.3 is 39.8 Å². The van der Waals surface area contributed by atoms with E-state index < -0.39 is 79.6 Å².